The molecule has 1 amide bonds. The summed E-state index contributed by atoms with van der Waals surface area (Å²) in [6.45, 7) is 4.14. The Morgan fingerprint density at radius 3 is 3.08 bits per heavy atom. The number of hydrogen-bond acceptors (Lipinski definition) is 4. The molecule has 0 bridgehead atoms. The second-order valence-corrected chi connectivity index (χ2v) is 6.31. The molecule has 0 saturated carbocycles. The van der Waals surface area contributed by atoms with Crippen molar-refractivity contribution in [3.8, 4) is 0 Å². The summed E-state index contributed by atoms with van der Waals surface area (Å²) in [6.07, 6.45) is 4.02. The van der Waals surface area contributed by atoms with Crippen LogP contribution in [0.4, 0.5) is 0 Å². The largest absolute Gasteiger partial charge is 0.377 e. The number of H-pyrrole nitrogens is 1. The number of aryl methyl sites for hydroxylation is 2. The zero-order chi connectivity index (χ0) is 17.2. The van der Waals surface area contributed by atoms with E-state index in [2.05, 4.69) is 15.1 Å². The lowest BCUT2D eigenvalue weighted by atomic mass is 10.2. The van der Waals surface area contributed by atoms with Crippen molar-refractivity contribution < 1.29 is 9.53 Å². The van der Waals surface area contributed by atoms with E-state index in [-0.39, 0.29) is 11.9 Å². The number of rotatable bonds is 4. The number of benzene rings is 1. The van der Waals surface area contributed by atoms with Gasteiger partial charge in [0.25, 0.3) is 0 Å². The van der Waals surface area contributed by atoms with Crippen LogP contribution in [0.2, 0.25) is 0 Å². The van der Waals surface area contributed by atoms with Crippen molar-refractivity contribution in [1.82, 2.24) is 24.6 Å². The van der Waals surface area contributed by atoms with Crippen molar-refractivity contribution in [2.75, 3.05) is 19.8 Å². The lowest BCUT2D eigenvalue weighted by Gasteiger charge is -2.34. The van der Waals surface area contributed by atoms with E-state index in [9.17, 15) is 4.79 Å². The van der Waals surface area contributed by atoms with Crippen molar-refractivity contribution in [2.24, 2.45) is 0 Å². The molecule has 1 aromatic carbocycles. The van der Waals surface area contributed by atoms with Crippen LogP contribution in [0.3, 0.4) is 0 Å². The van der Waals surface area contributed by atoms with Crippen LogP contribution in [0.5, 0.6) is 0 Å². The molecule has 1 saturated heterocycles. The molecular weight excluding hydrogens is 318 g/mol. The van der Waals surface area contributed by atoms with Gasteiger partial charge < -0.3 is 14.6 Å². The number of amides is 1. The van der Waals surface area contributed by atoms with E-state index in [1.165, 1.54) is 0 Å². The standard InChI is InChI=1S/C18H21N5O2/c1-13-10-19-18(21-13)16-12-25-9-8-22(16)17(24)6-7-23-15-5-3-2-4-14(15)11-20-23/h2-5,10-11,16H,6-9,12H2,1H3,(H,19,21)/t16-/m0/s1. The van der Waals surface area contributed by atoms with Crippen LogP contribution in [0.15, 0.2) is 36.7 Å². The highest BCUT2D eigenvalue weighted by Gasteiger charge is 2.30. The van der Waals surface area contributed by atoms with Crippen LogP contribution in [0, 0.1) is 6.92 Å². The molecule has 0 spiro atoms. The van der Waals surface area contributed by atoms with Gasteiger partial charge in [-0.25, -0.2) is 4.98 Å². The van der Waals surface area contributed by atoms with E-state index < -0.39 is 0 Å². The lowest BCUT2D eigenvalue weighted by Crippen LogP contribution is -2.44. The predicted molar refractivity (Wildman–Crippen MR) is 92.9 cm³/mol. The number of carbonyl (C=O) groups is 1. The maximum atomic E-state index is 12.8. The Morgan fingerprint density at radius 1 is 1.36 bits per heavy atom. The number of nitrogens with zero attached hydrogens (tertiary/aromatic N) is 4. The number of ether oxygens (including phenoxy) is 1. The molecule has 4 rings (SSSR count). The quantitative estimate of drug-likeness (QED) is 0.789. The first-order chi connectivity index (χ1) is 12.2. The molecule has 0 radical (unpaired) electrons. The third-order valence-corrected chi connectivity index (χ3v) is 4.58. The van der Waals surface area contributed by atoms with Gasteiger partial charge in [0.2, 0.25) is 5.91 Å². The van der Waals surface area contributed by atoms with Gasteiger partial charge in [0, 0.05) is 30.2 Å². The van der Waals surface area contributed by atoms with Gasteiger partial charge in [-0.15, -0.1) is 0 Å². The molecule has 1 fully saturated rings. The third kappa shape index (κ3) is 3.15. The summed E-state index contributed by atoms with van der Waals surface area (Å²) in [5.74, 6) is 0.886. The van der Waals surface area contributed by atoms with Gasteiger partial charge in [0.05, 0.1) is 31.5 Å². The third-order valence-electron chi connectivity index (χ3n) is 4.58. The van der Waals surface area contributed by atoms with Crippen LogP contribution in [0.1, 0.15) is 24.0 Å². The Morgan fingerprint density at radius 2 is 2.24 bits per heavy atom. The summed E-state index contributed by atoms with van der Waals surface area (Å²) < 4.78 is 7.45. The molecule has 0 unspecified atom stereocenters. The second-order valence-electron chi connectivity index (χ2n) is 6.31. The van der Waals surface area contributed by atoms with E-state index in [0.717, 1.165) is 22.4 Å². The average molecular weight is 339 g/mol. The van der Waals surface area contributed by atoms with Crippen molar-refractivity contribution in [3.63, 3.8) is 0 Å². The summed E-state index contributed by atoms with van der Waals surface area (Å²) >= 11 is 0. The first-order valence-corrected chi connectivity index (χ1v) is 8.51. The minimum atomic E-state index is -0.149. The van der Waals surface area contributed by atoms with E-state index in [0.29, 0.717) is 32.7 Å². The number of fused-ring (bicyclic) bond motifs is 1. The molecule has 7 nitrogen and oxygen atoms in total. The number of aromatic nitrogens is 4. The highest BCUT2D eigenvalue weighted by atomic mass is 16.5. The molecule has 1 aliphatic rings. The number of imidazole rings is 1. The molecule has 1 aliphatic heterocycles. The first kappa shape index (κ1) is 15.8. The van der Waals surface area contributed by atoms with Gasteiger partial charge in [-0.3, -0.25) is 9.48 Å². The van der Waals surface area contributed by atoms with E-state index in [1.54, 1.807) is 6.20 Å². The number of para-hydroxylation sites is 1. The minimum Gasteiger partial charge on any atom is -0.377 e. The summed E-state index contributed by atoms with van der Waals surface area (Å²) in [6, 6.07) is 7.88. The van der Waals surface area contributed by atoms with Crippen LogP contribution < -0.4 is 0 Å². The molecule has 3 heterocycles. The minimum absolute atomic E-state index is 0.0990. The van der Waals surface area contributed by atoms with Gasteiger partial charge in [-0.2, -0.15) is 5.10 Å². The van der Waals surface area contributed by atoms with Crippen LogP contribution in [-0.4, -0.2) is 50.3 Å². The highest BCUT2D eigenvalue weighted by Crippen LogP contribution is 2.23. The second kappa shape index (κ2) is 6.68. The van der Waals surface area contributed by atoms with E-state index in [1.807, 2.05) is 47.0 Å². The molecular formula is C18H21N5O2. The smallest absolute Gasteiger partial charge is 0.225 e. The van der Waals surface area contributed by atoms with Gasteiger partial charge in [0.15, 0.2) is 0 Å². The van der Waals surface area contributed by atoms with Crippen molar-refractivity contribution in [3.05, 3.63) is 48.2 Å². The molecule has 3 aromatic rings. The Hall–Kier alpha value is -2.67. The molecule has 130 valence electrons. The number of aromatic amines is 1. The van der Waals surface area contributed by atoms with E-state index in [4.69, 9.17) is 4.74 Å². The molecule has 7 heteroatoms. The summed E-state index contributed by atoms with van der Waals surface area (Å²) in [4.78, 5) is 22.3. The van der Waals surface area contributed by atoms with Crippen molar-refractivity contribution in [1.29, 1.82) is 0 Å². The van der Waals surface area contributed by atoms with Gasteiger partial charge >= 0.3 is 0 Å². The van der Waals surface area contributed by atoms with Crippen molar-refractivity contribution in [2.45, 2.75) is 25.9 Å². The SMILES string of the molecule is Cc1cnc([C@@H]2COCCN2C(=O)CCn2ncc3ccccc32)[nH]1. The molecule has 25 heavy (non-hydrogen) atoms. The van der Waals surface area contributed by atoms with Crippen LogP contribution in [0.25, 0.3) is 10.9 Å². The molecule has 2 aromatic heterocycles. The topological polar surface area (TPSA) is 76.0 Å². The summed E-state index contributed by atoms with van der Waals surface area (Å²) in [5.41, 5.74) is 2.03. The zero-order valence-corrected chi connectivity index (χ0v) is 14.2. The number of morpholine rings is 1. The lowest BCUT2D eigenvalue weighted by molar-refractivity contribution is -0.140. The fourth-order valence-corrected chi connectivity index (χ4v) is 3.28. The summed E-state index contributed by atoms with van der Waals surface area (Å²) in [5, 5.41) is 5.48. The van der Waals surface area contributed by atoms with Gasteiger partial charge in [-0.05, 0) is 13.0 Å². The maximum absolute atomic E-state index is 12.8. The Balaban J connectivity index is 1.47. The molecule has 1 N–H and O–H groups in total. The Labute approximate surface area is 145 Å². The predicted octanol–water partition coefficient (Wildman–Crippen LogP) is 2.06. The number of carbonyl (C=O) groups excluding carboxylic acids is 1. The monoisotopic (exact) mass is 339 g/mol. The maximum Gasteiger partial charge on any atom is 0.225 e. The Bertz CT molecular complexity index is 884. The fraction of sp³-hybridized carbons (Fsp3) is 0.389. The average Bonchev–Trinajstić information content (AvgIpc) is 3.26. The van der Waals surface area contributed by atoms with Gasteiger partial charge in [-0.1, -0.05) is 18.2 Å². The normalized spacial score (nSPS) is 18.0. The molecule has 0 aliphatic carbocycles. The Kier molecular flexibility index (Phi) is 4.23. The van der Waals surface area contributed by atoms with Gasteiger partial charge in [0.1, 0.15) is 11.9 Å². The van der Waals surface area contributed by atoms with Crippen LogP contribution >= 0.6 is 0 Å². The van der Waals surface area contributed by atoms with Crippen LogP contribution in [-0.2, 0) is 16.1 Å². The number of hydrogen-bond donors (Lipinski definition) is 1. The highest BCUT2D eigenvalue weighted by molar-refractivity contribution is 5.79. The summed E-state index contributed by atoms with van der Waals surface area (Å²) in [7, 11) is 0. The van der Waals surface area contributed by atoms with Crippen molar-refractivity contribution >= 4 is 16.8 Å². The van der Waals surface area contributed by atoms with E-state index >= 15 is 0 Å². The zero-order valence-electron chi connectivity index (χ0n) is 14.2. The molecule has 1 atom stereocenters. The first-order valence-electron chi connectivity index (χ1n) is 8.51. The number of nitrogens with one attached hydrogen (secondary N) is 1. The fourth-order valence-electron chi connectivity index (χ4n) is 3.28.